The van der Waals surface area contributed by atoms with E-state index in [2.05, 4.69) is 20.3 Å². The van der Waals surface area contributed by atoms with Gasteiger partial charge in [-0.3, -0.25) is 9.89 Å². The Bertz CT molecular complexity index is 664. The second-order valence-corrected chi connectivity index (χ2v) is 5.18. The molecule has 6 nitrogen and oxygen atoms in total. The molecule has 1 aromatic heterocycles. The maximum atomic E-state index is 12.3. The van der Waals surface area contributed by atoms with Gasteiger partial charge in [-0.1, -0.05) is 0 Å². The molecule has 0 aliphatic rings. The second kappa shape index (κ2) is 7.38. The van der Waals surface area contributed by atoms with E-state index in [0.29, 0.717) is 15.0 Å². The first-order valence-corrected chi connectivity index (χ1v) is 7.31. The molecule has 2 rings (SSSR count). The molecule has 0 aliphatic heterocycles. The third-order valence-electron chi connectivity index (χ3n) is 2.54. The van der Waals surface area contributed by atoms with Gasteiger partial charge in [-0.15, -0.1) is 0 Å². The van der Waals surface area contributed by atoms with Gasteiger partial charge in [0.25, 0.3) is 5.91 Å². The average Bonchev–Trinajstić information content (AvgIpc) is 2.88. The molecule has 0 bridgehead atoms. The first-order chi connectivity index (χ1) is 10.5. The Morgan fingerprint density at radius 2 is 2.23 bits per heavy atom. The predicted octanol–water partition coefficient (Wildman–Crippen LogP) is 3.27. The first kappa shape index (κ1) is 16.5. The van der Waals surface area contributed by atoms with Crippen molar-refractivity contribution in [2.24, 2.45) is 0 Å². The molecule has 118 valence electrons. The Kier molecular flexibility index (Phi) is 5.52. The zero-order valence-corrected chi connectivity index (χ0v) is 13.6. The number of halogens is 3. The number of aromatic amines is 1. The molecule has 1 aromatic carbocycles. The van der Waals surface area contributed by atoms with Crippen LogP contribution in [0.1, 0.15) is 17.4 Å². The van der Waals surface area contributed by atoms with Crippen molar-refractivity contribution in [3.05, 3.63) is 33.7 Å². The van der Waals surface area contributed by atoms with E-state index in [-0.39, 0.29) is 18.1 Å². The summed E-state index contributed by atoms with van der Waals surface area (Å²) in [6.45, 7) is -0.967. The molecule has 0 aliphatic carbocycles. The van der Waals surface area contributed by atoms with E-state index in [4.69, 9.17) is 4.74 Å². The van der Waals surface area contributed by atoms with Gasteiger partial charge >= 0.3 is 6.61 Å². The molecule has 0 unspecified atom stereocenters. The SMILES string of the molecule is CCOc1cc(NC(=O)c2[nH]ncc2I)ccc1OC(F)F. The molecule has 0 saturated carbocycles. The van der Waals surface area contributed by atoms with Crippen molar-refractivity contribution >= 4 is 34.2 Å². The summed E-state index contributed by atoms with van der Waals surface area (Å²) in [4.78, 5) is 12.0. The van der Waals surface area contributed by atoms with Gasteiger partial charge in [0.05, 0.1) is 16.4 Å². The Labute approximate surface area is 138 Å². The van der Waals surface area contributed by atoms with Crippen LogP contribution in [-0.2, 0) is 0 Å². The van der Waals surface area contributed by atoms with E-state index in [1.807, 2.05) is 22.6 Å². The van der Waals surface area contributed by atoms with Crippen LogP contribution in [0.15, 0.2) is 24.4 Å². The number of benzene rings is 1. The summed E-state index contributed by atoms with van der Waals surface area (Å²) in [5, 5.41) is 8.96. The highest BCUT2D eigenvalue weighted by molar-refractivity contribution is 14.1. The fraction of sp³-hybridized carbons (Fsp3) is 0.231. The summed E-state index contributed by atoms with van der Waals surface area (Å²) in [6.07, 6.45) is 1.51. The van der Waals surface area contributed by atoms with Gasteiger partial charge in [0.15, 0.2) is 11.5 Å². The molecular formula is C13H12F2IN3O3. The summed E-state index contributed by atoms with van der Waals surface area (Å²) < 4.78 is 34.9. The van der Waals surface area contributed by atoms with Gasteiger partial charge in [0.1, 0.15) is 5.69 Å². The molecule has 1 amide bonds. The summed E-state index contributed by atoms with van der Waals surface area (Å²) in [5.74, 6) is -0.363. The number of nitrogens with one attached hydrogen (secondary N) is 2. The van der Waals surface area contributed by atoms with Crippen LogP contribution in [0.25, 0.3) is 0 Å². The molecule has 2 aromatic rings. The van der Waals surface area contributed by atoms with E-state index in [1.54, 1.807) is 6.92 Å². The zero-order valence-electron chi connectivity index (χ0n) is 11.4. The third kappa shape index (κ3) is 4.06. The Morgan fingerprint density at radius 3 is 2.82 bits per heavy atom. The number of alkyl halides is 2. The average molecular weight is 423 g/mol. The van der Waals surface area contributed by atoms with Crippen molar-refractivity contribution in [2.75, 3.05) is 11.9 Å². The van der Waals surface area contributed by atoms with Crippen LogP contribution in [0, 0.1) is 3.57 Å². The second-order valence-electron chi connectivity index (χ2n) is 4.02. The van der Waals surface area contributed by atoms with Gasteiger partial charge in [-0.25, -0.2) is 0 Å². The van der Waals surface area contributed by atoms with Crippen LogP contribution in [-0.4, -0.2) is 29.3 Å². The van der Waals surface area contributed by atoms with Crippen molar-refractivity contribution in [2.45, 2.75) is 13.5 Å². The van der Waals surface area contributed by atoms with Crippen LogP contribution in [0.5, 0.6) is 11.5 Å². The van der Waals surface area contributed by atoms with E-state index < -0.39 is 12.5 Å². The quantitative estimate of drug-likeness (QED) is 0.700. The molecule has 0 radical (unpaired) electrons. The Morgan fingerprint density at radius 1 is 1.45 bits per heavy atom. The number of H-pyrrole nitrogens is 1. The highest BCUT2D eigenvalue weighted by atomic mass is 127. The number of aromatic nitrogens is 2. The highest BCUT2D eigenvalue weighted by Gasteiger charge is 2.15. The maximum Gasteiger partial charge on any atom is 0.387 e. The number of rotatable bonds is 6. The number of ether oxygens (including phenoxy) is 2. The number of amides is 1. The lowest BCUT2D eigenvalue weighted by Gasteiger charge is -2.13. The minimum Gasteiger partial charge on any atom is -0.490 e. The third-order valence-corrected chi connectivity index (χ3v) is 3.36. The van der Waals surface area contributed by atoms with Gasteiger partial charge in [0, 0.05) is 11.8 Å². The standard InChI is InChI=1S/C13H12F2IN3O3/c1-2-21-10-5-7(3-4-9(10)22-13(14)15)18-12(20)11-8(16)6-17-19-11/h3-6,13H,2H2,1H3,(H,17,19)(H,18,20). The van der Waals surface area contributed by atoms with Crippen molar-refractivity contribution in [1.29, 1.82) is 0 Å². The topological polar surface area (TPSA) is 76.2 Å². The molecule has 0 fully saturated rings. The fourth-order valence-corrected chi connectivity index (χ4v) is 2.18. The summed E-state index contributed by atoms with van der Waals surface area (Å²) in [5.41, 5.74) is 0.701. The van der Waals surface area contributed by atoms with Gasteiger partial charge in [-0.2, -0.15) is 13.9 Å². The zero-order chi connectivity index (χ0) is 16.1. The normalized spacial score (nSPS) is 10.6. The molecule has 0 spiro atoms. The number of hydrogen-bond donors (Lipinski definition) is 2. The van der Waals surface area contributed by atoms with Gasteiger partial charge in [-0.05, 0) is 41.6 Å². The van der Waals surface area contributed by atoms with Crippen LogP contribution < -0.4 is 14.8 Å². The van der Waals surface area contributed by atoms with Gasteiger partial charge in [0.2, 0.25) is 0 Å². The number of anilines is 1. The fourth-order valence-electron chi connectivity index (χ4n) is 1.67. The van der Waals surface area contributed by atoms with E-state index in [9.17, 15) is 13.6 Å². The maximum absolute atomic E-state index is 12.3. The van der Waals surface area contributed by atoms with Crippen molar-refractivity contribution in [1.82, 2.24) is 10.2 Å². The van der Waals surface area contributed by atoms with Crippen LogP contribution >= 0.6 is 22.6 Å². The lowest BCUT2D eigenvalue weighted by molar-refractivity contribution is -0.0514. The molecular weight excluding hydrogens is 411 g/mol. The molecule has 2 N–H and O–H groups in total. The van der Waals surface area contributed by atoms with Crippen molar-refractivity contribution in [3.8, 4) is 11.5 Å². The van der Waals surface area contributed by atoms with E-state index in [1.165, 1.54) is 24.4 Å². The molecule has 9 heteroatoms. The van der Waals surface area contributed by atoms with Crippen LogP contribution in [0.3, 0.4) is 0 Å². The first-order valence-electron chi connectivity index (χ1n) is 6.23. The summed E-state index contributed by atoms with van der Waals surface area (Å²) in [6, 6.07) is 4.18. The predicted molar refractivity (Wildman–Crippen MR) is 83.5 cm³/mol. The largest absolute Gasteiger partial charge is 0.490 e. The van der Waals surface area contributed by atoms with E-state index >= 15 is 0 Å². The van der Waals surface area contributed by atoms with Crippen LogP contribution in [0.2, 0.25) is 0 Å². The monoisotopic (exact) mass is 423 g/mol. The molecule has 1 heterocycles. The summed E-state index contributed by atoms with van der Waals surface area (Å²) in [7, 11) is 0. The highest BCUT2D eigenvalue weighted by Crippen LogP contribution is 2.32. The molecule has 0 saturated heterocycles. The number of hydrogen-bond acceptors (Lipinski definition) is 4. The van der Waals surface area contributed by atoms with Gasteiger partial charge < -0.3 is 14.8 Å². The Balaban J connectivity index is 2.19. The number of nitrogens with zero attached hydrogens (tertiary/aromatic N) is 1. The lowest BCUT2D eigenvalue weighted by Crippen LogP contribution is -2.14. The van der Waals surface area contributed by atoms with Crippen LogP contribution in [0.4, 0.5) is 14.5 Å². The number of carbonyl (C=O) groups excluding carboxylic acids is 1. The van der Waals surface area contributed by atoms with Crippen molar-refractivity contribution in [3.63, 3.8) is 0 Å². The Hall–Kier alpha value is -1.91. The van der Waals surface area contributed by atoms with E-state index in [0.717, 1.165) is 0 Å². The lowest BCUT2D eigenvalue weighted by atomic mass is 10.2. The molecule has 0 atom stereocenters. The smallest absolute Gasteiger partial charge is 0.387 e. The molecule has 22 heavy (non-hydrogen) atoms. The minimum atomic E-state index is -2.95. The van der Waals surface area contributed by atoms with Crippen molar-refractivity contribution < 1.29 is 23.0 Å². The number of carbonyl (C=O) groups is 1. The summed E-state index contributed by atoms with van der Waals surface area (Å²) >= 11 is 1.97. The minimum absolute atomic E-state index is 0.0917.